The lowest BCUT2D eigenvalue weighted by Crippen LogP contribution is -2.38. The van der Waals surface area contributed by atoms with Gasteiger partial charge < -0.3 is 19.4 Å². The average molecular weight is 392 g/mol. The quantitative estimate of drug-likeness (QED) is 0.699. The molecule has 3 heterocycles. The summed E-state index contributed by atoms with van der Waals surface area (Å²) in [5.41, 5.74) is 2.93. The Bertz CT molecular complexity index is 1010. The number of pyridine rings is 1. The molecule has 1 N–H and O–H groups in total. The minimum Gasteiger partial charge on any atom is -0.383 e. The van der Waals surface area contributed by atoms with Crippen LogP contribution in [0.4, 0.5) is 0 Å². The number of carbonyl (C=O) groups excluding carboxylic acids is 2. The normalized spacial score (nSPS) is 16.3. The summed E-state index contributed by atoms with van der Waals surface area (Å²) in [6.45, 7) is 1.71. The van der Waals surface area contributed by atoms with Crippen LogP contribution < -0.4 is 5.32 Å². The van der Waals surface area contributed by atoms with Gasteiger partial charge in [0.1, 0.15) is 5.65 Å². The molecule has 1 aliphatic rings. The Kier molecular flexibility index (Phi) is 5.57. The average Bonchev–Trinajstić information content (AvgIpc) is 3.41. The molecule has 1 fully saturated rings. The lowest BCUT2D eigenvalue weighted by atomic mass is 10.1. The van der Waals surface area contributed by atoms with Gasteiger partial charge in [0, 0.05) is 49.9 Å². The molecule has 0 unspecified atom stereocenters. The van der Waals surface area contributed by atoms with Crippen molar-refractivity contribution in [3.8, 4) is 0 Å². The van der Waals surface area contributed by atoms with Crippen molar-refractivity contribution >= 4 is 17.5 Å². The lowest BCUT2D eigenvalue weighted by Gasteiger charge is -2.24. The molecule has 0 radical (unpaired) electrons. The minimum absolute atomic E-state index is 0.00971. The first-order valence-electron chi connectivity index (χ1n) is 9.75. The van der Waals surface area contributed by atoms with Crippen molar-refractivity contribution in [1.82, 2.24) is 19.6 Å². The Morgan fingerprint density at radius 1 is 1.17 bits per heavy atom. The number of methoxy groups -OCH3 is 1. The smallest absolute Gasteiger partial charge is 0.254 e. The van der Waals surface area contributed by atoms with E-state index < -0.39 is 0 Å². The molecule has 1 atom stereocenters. The van der Waals surface area contributed by atoms with Gasteiger partial charge >= 0.3 is 0 Å². The van der Waals surface area contributed by atoms with E-state index in [2.05, 4.69) is 10.3 Å². The van der Waals surface area contributed by atoms with Crippen molar-refractivity contribution in [2.45, 2.75) is 25.4 Å². The summed E-state index contributed by atoms with van der Waals surface area (Å²) in [4.78, 5) is 31.3. The van der Waals surface area contributed by atoms with Crippen molar-refractivity contribution in [1.29, 1.82) is 0 Å². The van der Waals surface area contributed by atoms with Crippen LogP contribution in [0.3, 0.4) is 0 Å². The van der Waals surface area contributed by atoms with Crippen LogP contribution in [0.2, 0.25) is 0 Å². The summed E-state index contributed by atoms with van der Waals surface area (Å²) in [6, 6.07) is 10.8. The zero-order valence-electron chi connectivity index (χ0n) is 16.4. The second-order valence-electron chi connectivity index (χ2n) is 7.24. The monoisotopic (exact) mass is 392 g/mol. The molecule has 3 aromatic rings. The van der Waals surface area contributed by atoms with Gasteiger partial charge in [-0.2, -0.15) is 0 Å². The second-order valence-corrected chi connectivity index (χ2v) is 7.24. The van der Waals surface area contributed by atoms with E-state index in [4.69, 9.17) is 4.74 Å². The van der Waals surface area contributed by atoms with Crippen LogP contribution in [0.1, 0.15) is 39.1 Å². The number of aromatic nitrogens is 2. The molecule has 2 aromatic heterocycles. The van der Waals surface area contributed by atoms with Crippen LogP contribution in [-0.4, -0.2) is 52.4 Å². The number of rotatable bonds is 6. The van der Waals surface area contributed by atoms with E-state index in [9.17, 15) is 9.59 Å². The van der Waals surface area contributed by atoms with Gasteiger partial charge in [0.2, 0.25) is 0 Å². The fourth-order valence-electron chi connectivity index (χ4n) is 3.75. The van der Waals surface area contributed by atoms with Gasteiger partial charge in [-0.15, -0.1) is 0 Å². The number of hydrogen-bond donors (Lipinski definition) is 1. The lowest BCUT2D eigenvalue weighted by molar-refractivity contribution is 0.0630. The molecular formula is C22H24N4O3. The Balaban J connectivity index is 1.37. The second kappa shape index (κ2) is 8.45. The van der Waals surface area contributed by atoms with E-state index in [0.29, 0.717) is 24.3 Å². The van der Waals surface area contributed by atoms with Gasteiger partial charge in [0.05, 0.1) is 12.6 Å². The largest absolute Gasteiger partial charge is 0.383 e. The predicted molar refractivity (Wildman–Crippen MR) is 109 cm³/mol. The van der Waals surface area contributed by atoms with Crippen molar-refractivity contribution < 1.29 is 14.3 Å². The highest BCUT2D eigenvalue weighted by atomic mass is 16.5. The summed E-state index contributed by atoms with van der Waals surface area (Å²) >= 11 is 0. The molecule has 1 aromatic carbocycles. The molecule has 7 heteroatoms. The van der Waals surface area contributed by atoms with Crippen molar-refractivity contribution in [2.75, 3.05) is 20.3 Å². The number of hydrogen-bond acceptors (Lipinski definition) is 4. The zero-order chi connectivity index (χ0) is 20.2. The van der Waals surface area contributed by atoms with Crippen molar-refractivity contribution in [3.63, 3.8) is 0 Å². The zero-order valence-corrected chi connectivity index (χ0v) is 16.4. The minimum atomic E-state index is -0.175. The van der Waals surface area contributed by atoms with Crippen LogP contribution in [0.5, 0.6) is 0 Å². The highest BCUT2D eigenvalue weighted by Gasteiger charge is 2.29. The number of carbonyl (C=O) groups is 2. The van der Waals surface area contributed by atoms with Gasteiger partial charge in [0.15, 0.2) is 0 Å². The summed E-state index contributed by atoms with van der Waals surface area (Å²) in [5.74, 6) is -0.185. The molecule has 7 nitrogen and oxygen atoms in total. The number of benzene rings is 1. The molecular weight excluding hydrogens is 368 g/mol. The van der Waals surface area contributed by atoms with E-state index in [-0.39, 0.29) is 17.9 Å². The van der Waals surface area contributed by atoms with Gasteiger partial charge in [-0.1, -0.05) is 0 Å². The van der Waals surface area contributed by atoms with E-state index in [0.717, 1.165) is 30.6 Å². The van der Waals surface area contributed by atoms with Crippen LogP contribution in [-0.2, 0) is 11.3 Å². The summed E-state index contributed by atoms with van der Waals surface area (Å²) in [5, 5.41) is 2.91. The SMILES string of the molecule is COC[C@H]1CCCN1C(=O)c1ccc(C(=O)NCc2ccn3ccnc3c2)cc1. The van der Waals surface area contributed by atoms with Crippen LogP contribution in [0.15, 0.2) is 55.0 Å². The van der Waals surface area contributed by atoms with E-state index in [1.54, 1.807) is 37.6 Å². The first kappa shape index (κ1) is 19.1. The molecule has 150 valence electrons. The van der Waals surface area contributed by atoms with Crippen molar-refractivity contribution in [2.24, 2.45) is 0 Å². The number of fused-ring (bicyclic) bond motifs is 1. The Morgan fingerprint density at radius 3 is 2.76 bits per heavy atom. The molecule has 2 amide bonds. The summed E-state index contributed by atoms with van der Waals surface area (Å²) in [7, 11) is 1.65. The maximum absolute atomic E-state index is 12.8. The fourth-order valence-corrected chi connectivity index (χ4v) is 3.75. The standard InChI is InChI=1S/C22H24N4O3/c1-29-15-19-3-2-10-26(19)22(28)18-6-4-17(5-7-18)21(27)24-14-16-8-11-25-12-9-23-20(25)13-16/h4-9,11-13,19H,2-3,10,14-15H2,1H3,(H,24,27)/t19-/m1/s1. The van der Waals surface area contributed by atoms with Gasteiger partial charge in [-0.05, 0) is 54.8 Å². The number of nitrogens with zero attached hydrogens (tertiary/aromatic N) is 3. The van der Waals surface area contributed by atoms with Crippen molar-refractivity contribution in [3.05, 3.63) is 71.7 Å². The predicted octanol–water partition coefficient (Wildman–Crippen LogP) is 2.52. The number of nitrogens with one attached hydrogen (secondary N) is 1. The van der Waals surface area contributed by atoms with Crippen LogP contribution in [0.25, 0.3) is 5.65 Å². The maximum atomic E-state index is 12.8. The third-order valence-corrected chi connectivity index (χ3v) is 5.31. The molecule has 1 aliphatic heterocycles. The molecule has 0 spiro atoms. The van der Waals surface area contributed by atoms with E-state index >= 15 is 0 Å². The van der Waals surface area contributed by atoms with E-state index in [1.165, 1.54) is 0 Å². The first-order valence-corrected chi connectivity index (χ1v) is 9.75. The molecule has 1 saturated heterocycles. The third-order valence-electron chi connectivity index (χ3n) is 5.31. The highest BCUT2D eigenvalue weighted by Crippen LogP contribution is 2.20. The van der Waals surface area contributed by atoms with Gasteiger partial charge in [-0.3, -0.25) is 9.59 Å². The highest BCUT2D eigenvalue weighted by molar-refractivity contribution is 5.98. The number of amides is 2. The molecule has 4 rings (SSSR count). The number of ether oxygens (including phenoxy) is 1. The Labute approximate surface area is 169 Å². The van der Waals surface area contributed by atoms with Gasteiger partial charge in [0.25, 0.3) is 11.8 Å². The number of likely N-dealkylation sites (tertiary alicyclic amines) is 1. The first-order chi connectivity index (χ1) is 14.2. The van der Waals surface area contributed by atoms with Crippen LogP contribution >= 0.6 is 0 Å². The topological polar surface area (TPSA) is 75.9 Å². The number of imidazole rings is 1. The molecule has 29 heavy (non-hydrogen) atoms. The molecule has 0 saturated carbocycles. The van der Waals surface area contributed by atoms with Gasteiger partial charge in [-0.25, -0.2) is 4.98 Å². The Hall–Kier alpha value is -3.19. The summed E-state index contributed by atoms with van der Waals surface area (Å²) < 4.78 is 7.14. The third kappa shape index (κ3) is 4.14. The molecule has 0 bridgehead atoms. The van der Waals surface area contributed by atoms with Crippen LogP contribution in [0, 0.1) is 0 Å². The molecule has 0 aliphatic carbocycles. The summed E-state index contributed by atoms with van der Waals surface area (Å²) in [6.07, 6.45) is 7.48. The maximum Gasteiger partial charge on any atom is 0.254 e. The van der Waals surface area contributed by atoms with E-state index in [1.807, 2.05) is 33.8 Å². The Morgan fingerprint density at radius 2 is 1.97 bits per heavy atom. The fraction of sp³-hybridized carbons (Fsp3) is 0.318.